The molecule has 0 aromatic heterocycles. The molecule has 2 N–H and O–H groups in total. The van der Waals surface area contributed by atoms with Crippen LogP contribution in [0.5, 0.6) is 5.75 Å². The van der Waals surface area contributed by atoms with Gasteiger partial charge in [0, 0.05) is 6.04 Å². The van der Waals surface area contributed by atoms with Crippen LogP contribution in [0.25, 0.3) is 0 Å². The fraction of sp³-hybridized carbons (Fsp3) is 0.529. The van der Waals surface area contributed by atoms with Crippen LogP contribution in [0.1, 0.15) is 57.1 Å². The van der Waals surface area contributed by atoms with Crippen LogP contribution < -0.4 is 10.5 Å². The predicted molar refractivity (Wildman–Crippen MR) is 84.6 cm³/mol. The van der Waals surface area contributed by atoms with Gasteiger partial charge in [0.05, 0.1) is 7.11 Å². The zero-order chi connectivity index (χ0) is 14.5. The number of rotatable bonds is 2. The fourth-order valence-corrected chi connectivity index (χ4v) is 1.97. The van der Waals surface area contributed by atoms with Crippen molar-refractivity contribution in [1.29, 1.82) is 0 Å². The Hall–Kier alpha value is -1.28. The first-order valence-corrected chi connectivity index (χ1v) is 7.13. The second kappa shape index (κ2) is 11.8. The average molecular weight is 263 g/mol. The van der Waals surface area contributed by atoms with Gasteiger partial charge in [-0.1, -0.05) is 50.7 Å². The maximum Gasteiger partial charge on any atom is 0.118 e. The van der Waals surface area contributed by atoms with E-state index in [1.807, 2.05) is 31.2 Å². The van der Waals surface area contributed by atoms with Gasteiger partial charge in [-0.2, -0.15) is 0 Å². The molecule has 2 nitrogen and oxygen atoms in total. The van der Waals surface area contributed by atoms with Gasteiger partial charge in [0.15, 0.2) is 0 Å². The maximum absolute atomic E-state index is 5.66. The highest BCUT2D eigenvalue weighted by Gasteiger charge is 1.97. The second-order valence-electron chi connectivity index (χ2n) is 4.68. The minimum absolute atomic E-state index is 0.0981. The van der Waals surface area contributed by atoms with E-state index in [1.165, 1.54) is 38.5 Å². The first kappa shape index (κ1) is 17.7. The molecule has 0 radical (unpaired) electrons. The summed E-state index contributed by atoms with van der Waals surface area (Å²) in [7, 11) is 1.65. The average Bonchev–Trinajstić information content (AvgIpc) is 2.51. The van der Waals surface area contributed by atoms with Crippen LogP contribution >= 0.6 is 0 Å². The second-order valence-corrected chi connectivity index (χ2v) is 4.68. The molecule has 1 aromatic carbocycles. The summed E-state index contributed by atoms with van der Waals surface area (Å²) < 4.78 is 5.01. The van der Waals surface area contributed by atoms with Gasteiger partial charge in [-0.05, 0) is 24.6 Å². The van der Waals surface area contributed by atoms with Crippen LogP contribution in [0.3, 0.4) is 0 Å². The molecule has 1 aliphatic carbocycles. The molecule has 0 spiro atoms. The fourth-order valence-electron chi connectivity index (χ4n) is 1.97. The van der Waals surface area contributed by atoms with Gasteiger partial charge in [0.2, 0.25) is 0 Å². The zero-order valence-electron chi connectivity index (χ0n) is 12.5. The van der Waals surface area contributed by atoms with Gasteiger partial charge in [-0.3, -0.25) is 0 Å². The molecule has 0 heterocycles. The van der Waals surface area contributed by atoms with Crippen molar-refractivity contribution >= 4 is 0 Å². The summed E-state index contributed by atoms with van der Waals surface area (Å²) in [5, 5.41) is 0. The summed E-state index contributed by atoms with van der Waals surface area (Å²) in [4.78, 5) is 0. The summed E-state index contributed by atoms with van der Waals surface area (Å²) >= 11 is 0. The smallest absolute Gasteiger partial charge is 0.118 e. The van der Waals surface area contributed by atoms with Crippen LogP contribution in [-0.2, 0) is 0 Å². The minimum atomic E-state index is 0.0981. The van der Waals surface area contributed by atoms with Crippen molar-refractivity contribution in [3.8, 4) is 5.75 Å². The first-order valence-electron chi connectivity index (χ1n) is 7.13. The lowest BCUT2D eigenvalue weighted by Crippen LogP contribution is -2.04. The van der Waals surface area contributed by atoms with E-state index in [0.717, 1.165) is 11.3 Å². The van der Waals surface area contributed by atoms with E-state index in [1.54, 1.807) is 7.11 Å². The molecular formula is C17H29NO. The molecule has 1 saturated carbocycles. The van der Waals surface area contributed by atoms with Crippen molar-refractivity contribution < 1.29 is 4.74 Å². The van der Waals surface area contributed by atoms with Gasteiger partial charge < -0.3 is 10.5 Å². The molecule has 1 atom stereocenters. The van der Waals surface area contributed by atoms with Gasteiger partial charge in [-0.15, -0.1) is 13.2 Å². The van der Waals surface area contributed by atoms with E-state index < -0.39 is 0 Å². The largest absolute Gasteiger partial charge is 0.497 e. The van der Waals surface area contributed by atoms with Crippen molar-refractivity contribution in [2.75, 3.05) is 7.11 Å². The molecule has 2 heteroatoms. The Balaban J connectivity index is 0.000000341. The lowest BCUT2D eigenvalue weighted by Gasteiger charge is -2.05. The number of hydrogen-bond donors (Lipinski definition) is 1. The third-order valence-electron chi connectivity index (χ3n) is 3.14. The topological polar surface area (TPSA) is 35.2 Å². The molecule has 0 saturated heterocycles. The molecule has 1 fully saturated rings. The van der Waals surface area contributed by atoms with Crippen molar-refractivity contribution in [3.63, 3.8) is 0 Å². The summed E-state index contributed by atoms with van der Waals surface area (Å²) in [6.07, 6.45) is 9.00. The van der Waals surface area contributed by atoms with Crippen molar-refractivity contribution in [2.24, 2.45) is 5.73 Å². The third kappa shape index (κ3) is 8.44. The van der Waals surface area contributed by atoms with E-state index >= 15 is 0 Å². The summed E-state index contributed by atoms with van der Waals surface area (Å²) in [5.41, 5.74) is 6.79. The molecular weight excluding hydrogens is 234 g/mol. The Kier molecular flexibility index (Phi) is 11.0. The monoisotopic (exact) mass is 263 g/mol. The van der Waals surface area contributed by atoms with Crippen LogP contribution in [0.15, 0.2) is 37.4 Å². The minimum Gasteiger partial charge on any atom is -0.497 e. The van der Waals surface area contributed by atoms with Gasteiger partial charge in [0.25, 0.3) is 0 Å². The summed E-state index contributed by atoms with van der Waals surface area (Å²) in [5.74, 6) is 0.870. The van der Waals surface area contributed by atoms with E-state index in [2.05, 4.69) is 13.2 Å². The van der Waals surface area contributed by atoms with Crippen LogP contribution in [0.4, 0.5) is 0 Å². The third-order valence-corrected chi connectivity index (χ3v) is 3.14. The molecule has 2 rings (SSSR count). The predicted octanol–water partition coefficient (Wildman–Crippen LogP) is 4.86. The van der Waals surface area contributed by atoms with E-state index in [4.69, 9.17) is 10.5 Å². The molecule has 0 bridgehead atoms. The standard InChI is InChI=1S/C9H13NO.C6H12.C2H4/c1-7(10)8-3-5-9(11-2)6-4-8;1-2-4-6-5-3-1;1-2/h3-7H,10H2,1-2H3;1-6H2;1-2H2/t7-;;/m0../s1. The number of ether oxygens (including phenoxy) is 1. The number of benzene rings is 1. The number of hydrogen-bond acceptors (Lipinski definition) is 2. The summed E-state index contributed by atoms with van der Waals surface area (Å²) in [6.45, 7) is 7.96. The lowest BCUT2D eigenvalue weighted by atomic mass is 10.0. The zero-order valence-corrected chi connectivity index (χ0v) is 12.5. The molecule has 0 aliphatic heterocycles. The highest BCUT2D eigenvalue weighted by atomic mass is 16.5. The normalized spacial score (nSPS) is 15.1. The van der Waals surface area contributed by atoms with Crippen LogP contribution in [0, 0.1) is 0 Å². The van der Waals surface area contributed by atoms with Gasteiger partial charge in [0.1, 0.15) is 5.75 Å². The Morgan fingerprint density at radius 2 is 1.32 bits per heavy atom. The Morgan fingerprint density at radius 1 is 0.947 bits per heavy atom. The quantitative estimate of drug-likeness (QED) is 0.773. The Labute approximate surface area is 118 Å². The Morgan fingerprint density at radius 3 is 1.58 bits per heavy atom. The maximum atomic E-state index is 5.66. The Bertz CT molecular complexity index is 290. The van der Waals surface area contributed by atoms with Gasteiger partial charge in [-0.25, -0.2) is 0 Å². The van der Waals surface area contributed by atoms with Gasteiger partial charge >= 0.3 is 0 Å². The van der Waals surface area contributed by atoms with Crippen LogP contribution in [0.2, 0.25) is 0 Å². The molecule has 1 aromatic rings. The highest BCUT2D eigenvalue weighted by Crippen LogP contribution is 2.15. The van der Waals surface area contributed by atoms with E-state index in [9.17, 15) is 0 Å². The number of nitrogens with two attached hydrogens (primary N) is 1. The number of methoxy groups -OCH3 is 1. The van der Waals surface area contributed by atoms with Crippen molar-refractivity contribution in [3.05, 3.63) is 43.0 Å². The lowest BCUT2D eigenvalue weighted by molar-refractivity contribution is 0.414. The van der Waals surface area contributed by atoms with Crippen molar-refractivity contribution in [2.45, 2.75) is 51.5 Å². The molecule has 108 valence electrons. The van der Waals surface area contributed by atoms with Crippen molar-refractivity contribution in [1.82, 2.24) is 0 Å². The SMILES string of the molecule is C1CCCCC1.C=C.COc1ccc([C@H](C)N)cc1. The molecule has 1 aliphatic rings. The summed E-state index contributed by atoms with van der Waals surface area (Å²) in [6, 6.07) is 7.88. The highest BCUT2D eigenvalue weighted by molar-refractivity contribution is 5.28. The molecule has 19 heavy (non-hydrogen) atoms. The van der Waals surface area contributed by atoms with E-state index in [0.29, 0.717) is 0 Å². The van der Waals surface area contributed by atoms with Crippen LogP contribution in [-0.4, -0.2) is 7.11 Å². The van der Waals surface area contributed by atoms with E-state index in [-0.39, 0.29) is 6.04 Å². The first-order chi connectivity index (χ1) is 9.24. The molecule has 0 unspecified atom stereocenters. The molecule has 0 amide bonds.